The molecule has 1 aromatic heterocycles. The second-order valence-electron chi connectivity index (χ2n) is 9.51. The highest BCUT2D eigenvalue weighted by Crippen LogP contribution is 2.30. The summed E-state index contributed by atoms with van der Waals surface area (Å²) in [5.41, 5.74) is 1.10. The van der Waals surface area contributed by atoms with Gasteiger partial charge < -0.3 is 19.7 Å². The molecule has 3 fully saturated rings. The number of hydrogen-bond acceptors (Lipinski definition) is 6. The largest absolute Gasteiger partial charge is 0.477 e. The lowest BCUT2D eigenvalue weighted by molar-refractivity contribution is 0.0341. The van der Waals surface area contributed by atoms with Gasteiger partial charge in [-0.25, -0.2) is 4.98 Å². The van der Waals surface area contributed by atoms with Crippen molar-refractivity contribution in [1.82, 2.24) is 15.2 Å². The fourth-order valence-electron chi connectivity index (χ4n) is 4.07. The van der Waals surface area contributed by atoms with Gasteiger partial charge in [-0.15, -0.1) is 0 Å². The van der Waals surface area contributed by atoms with E-state index in [1.807, 2.05) is 12.1 Å². The molecule has 0 aromatic carbocycles. The van der Waals surface area contributed by atoms with Crippen LogP contribution in [0.5, 0.6) is 5.88 Å². The average molecular weight is 417 g/mol. The first-order chi connectivity index (χ1) is 14.5. The van der Waals surface area contributed by atoms with Crippen molar-refractivity contribution in [3.05, 3.63) is 17.8 Å². The van der Waals surface area contributed by atoms with Crippen LogP contribution in [0.1, 0.15) is 56.4 Å². The summed E-state index contributed by atoms with van der Waals surface area (Å²) < 4.78 is 11.3. The monoisotopic (exact) mass is 416 g/mol. The first-order valence-electron chi connectivity index (χ1n) is 11.5. The van der Waals surface area contributed by atoms with Gasteiger partial charge >= 0.3 is 0 Å². The zero-order chi connectivity index (χ0) is 21.0. The zero-order valence-electron chi connectivity index (χ0n) is 18.5. The Labute approximate surface area is 180 Å². The standard InChI is InChI=1S/C23H36N4O3/c1-23(2,9-12-26-13-15-29-16-14-26)25-22(28)21-19(27-10-3-4-11-27)7-8-20(24-21)30-17-18-5-6-18/h7-8,18H,3-6,9-17H2,1-2H3,(H,25,28). The highest BCUT2D eigenvalue weighted by atomic mass is 16.5. The molecule has 0 spiro atoms. The van der Waals surface area contributed by atoms with Crippen LogP contribution in [0.3, 0.4) is 0 Å². The van der Waals surface area contributed by atoms with E-state index in [-0.39, 0.29) is 11.4 Å². The lowest BCUT2D eigenvalue weighted by atomic mass is 9.99. The van der Waals surface area contributed by atoms with Gasteiger partial charge in [-0.05, 0) is 57.9 Å². The number of hydrogen-bond donors (Lipinski definition) is 1. The Morgan fingerprint density at radius 1 is 1.20 bits per heavy atom. The highest BCUT2D eigenvalue weighted by molar-refractivity contribution is 5.98. The van der Waals surface area contributed by atoms with Gasteiger partial charge in [-0.1, -0.05) is 0 Å². The van der Waals surface area contributed by atoms with Gasteiger partial charge in [0.25, 0.3) is 5.91 Å². The Morgan fingerprint density at radius 3 is 2.63 bits per heavy atom. The maximum absolute atomic E-state index is 13.3. The third kappa shape index (κ3) is 5.85. The molecule has 3 aliphatic rings. The molecule has 2 saturated heterocycles. The molecule has 0 unspecified atom stereocenters. The third-order valence-corrected chi connectivity index (χ3v) is 6.28. The lowest BCUT2D eigenvalue weighted by Crippen LogP contribution is -2.47. The molecule has 1 amide bonds. The summed E-state index contributed by atoms with van der Waals surface area (Å²) in [6.07, 6.45) is 5.67. The van der Waals surface area contributed by atoms with Gasteiger partial charge in [0.2, 0.25) is 5.88 Å². The van der Waals surface area contributed by atoms with Gasteiger partial charge in [0.1, 0.15) is 0 Å². The molecule has 166 valence electrons. The molecule has 0 bridgehead atoms. The number of anilines is 1. The van der Waals surface area contributed by atoms with Crippen LogP contribution in [0.2, 0.25) is 0 Å². The number of morpholine rings is 1. The number of carbonyl (C=O) groups excluding carboxylic acids is 1. The van der Waals surface area contributed by atoms with Crippen LogP contribution in [0.25, 0.3) is 0 Å². The van der Waals surface area contributed by atoms with E-state index in [0.29, 0.717) is 24.1 Å². The summed E-state index contributed by atoms with van der Waals surface area (Å²) in [5, 5.41) is 3.24. The molecular weight excluding hydrogens is 380 g/mol. The third-order valence-electron chi connectivity index (χ3n) is 6.28. The predicted molar refractivity (Wildman–Crippen MR) is 117 cm³/mol. The van der Waals surface area contributed by atoms with Crippen molar-refractivity contribution in [2.45, 2.75) is 51.5 Å². The second-order valence-corrected chi connectivity index (χ2v) is 9.51. The van der Waals surface area contributed by atoms with Gasteiger partial charge in [0.15, 0.2) is 5.69 Å². The second kappa shape index (κ2) is 9.52. The molecule has 0 radical (unpaired) electrons. The van der Waals surface area contributed by atoms with Crippen molar-refractivity contribution < 1.29 is 14.3 Å². The molecule has 1 aliphatic carbocycles. The fourth-order valence-corrected chi connectivity index (χ4v) is 4.07. The van der Waals surface area contributed by atoms with Crippen molar-refractivity contribution >= 4 is 11.6 Å². The molecule has 7 heteroatoms. The Hall–Kier alpha value is -1.86. The van der Waals surface area contributed by atoms with E-state index in [4.69, 9.17) is 9.47 Å². The van der Waals surface area contributed by atoms with Crippen molar-refractivity contribution in [3.63, 3.8) is 0 Å². The number of ether oxygens (including phenoxy) is 2. The molecule has 3 heterocycles. The molecule has 4 rings (SSSR count). The van der Waals surface area contributed by atoms with Gasteiger partial charge in [0.05, 0.1) is 25.5 Å². The van der Waals surface area contributed by atoms with E-state index in [0.717, 1.165) is 70.9 Å². The van der Waals surface area contributed by atoms with Crippen LogP contribution >= 0.6 is 0 Å². The minimum Gasteiger partial charge on any atom is -0.477 e. The predicted octanol–water partition coefficient (Wildman–Crippen LogP) is 2.70. The minimum atomic E-state index is -0.315. The Kier molecular flexibility index (Phi) is 6.78. The number of nitrogens with one attached hydrogen (secondary N) is 1. The number of carbonyl (C=O) groups is 1. The van der Waals surface area contributed by atoms with Crippen LogP contribution in [-0.4, -0.2) is 73.9 Å². The van der Waals surface area contributed by atoms with Crippen LogP contribution in [0.15, 0.2) is 12.1 Å². The van der Waals surface area contributed by atoms with E-state index in [1.165, 1.54) is 12.8 Å². The highest BCUT2D eigenvalue weighted by Gasteiger charge is 2.28. The minimum absolute atomic E-state index is 0.110. The van der Waals surface area contributed by atoms with E-state index < -0.39 is 0 Å². The molecule has 1 N–H and O–H groups in total. The van der Waals surface area contributed by atoms with Gasteiger partial charge in [-0.3, -0.25) is 9.69 Å². The number of amides is 1. The van der Waals surface area contributed by atoms with Crippen LogP contribution < -0.4 is 15.0 Å². The topological polar surface area (TPSA) is 66.9 Å². The molecule has 1 saturated carbocycles. The smallest absolute Gasteiger partial charge is 0.272 e. The summed E-state index contributed by atoms with van der Waals surface area (Å²) in [5.74, 6) is 1.10. The first-order valence-corrected chi connectivity index (χ1v) is 11.5. The van der Waals surface area contributed by atoms with E-state index in [9.17, 15) is 4.79 Å². The molecule has 0 atom stereocenters. The van der Waals surface area contributed by atoms with Crippen LogP contribution in [0, 0.1) is 5.92 Å². The van der Waals surface area contributed by atoms with E-state index in [1.54, 1.807) is 0 Å². The zero-order valence-corrected chi connectivity index (χ0v) is 18.5. The quantitative estimate of drug-likeness (QED) is 0.668. The number of rotatable bonds is 9. The summed E-state index contributed by atoms with van der Waals surface area (Å²) in [4.78, 5) is 22.6. The number of aromatic nitrogens is 1. The first kappa shape index (κ1) is 21.4. The normalized spacial score (nSPS) is 20.4. The Bertz CT molecular complexity index is 723. The maximum atomic E-state index is 13.3. The van der Waals surface area contributed by atoms with E-state index >= 15 is 0 Å². The van der Waals surface area contributed by atoms with Crippen LogP contribution in [0.4, 0.5) is 5.69 Å². The average Bonchev–Trinajstić information content (AvgIpc) is 3.42. The fraction of sp³-hybridized carbons (Fsp3) is 0.739. The molecule has 7 nitrogen and oxygen atoms in total. The summed E-state index contributed by atoms with van der Waals surface area (Å²) in [7, 11) is 0. The van der Waals surface area contributed by atoms with Crippen molar-refractivity contribution in [1.29, 1.82) is 0 Å². The SMILES string of the molecule is CC(C)(CCN1CCOCC1)NC(=O)c1nc(OCC2CC2)ccc1N1CCCC1. The van der Waals surface area contributed by atoms with Gasteiger partial charge in [0, 0.05) is 44.3 Å². The van der Waals surface area contributed by atoms with E-state index in [2.05, 4.69) is 33.9 Å². The number of nitrogens with zero attached hydrogens (tertiary/aromatic N) is 3. The maximum Gasteiger partial charge on any atom is 0.272 e. The van der Waals surface area contributed by atoms with Crippen molar-refractivity contribution in [2.75, 3.05) is 57.4 Å². The van der Waals surface area contributed by atoms with Crippen molar-refractivity contribution in [3.8, 4) is 5.88 Å². The van der Waals surface area contributed by atoms with Gasteiger partial charge in [-0.2, -0.15) is 0 Å². The molecule has 2 aliphatic heterocycles. The van der Waals surface area contributed by atoms with Crippen molar-refractivity contribution in [2.24, 2.45) is 5.92 Å². The molecule has 30 heavy (non-hydrogen) atoms. The Balaban J connectivity index is 1.43. The number of pyridine rings is 1. The lowest BCUT2D eigenvalue weighted by Gasteiger charge is -2.32. The summed E-state index contributed by atoms with van der Waals surface area (Å²) >= 11 is 0. The molecule has 1 aromatic rings. The molecular formula is C23H36N4O3. The summed E-state index contributed by atoms with van der Waals surface area (Å²) in [6, 6.07) is 3.92. The Morgan fingerprint density at radius 2 is 1.93 bits per heavy atom. The summed E-state index contributed by atoms with van der Waals surface area (Å²) in [6.45, 7) is 11.3. The van der Waals surface area contributed by atoms with Crippen LogP contribution in [-0.2, 0) is 4.74 Å².